The van der Waals surface area contributed by atoms with Crippen LogP contribution in [0.15, 0.2) is 63.7 Å². The molecule has 0 saturated carbocycles. The number of halogens is 3. The van der Waals surface area contributed by atoms with Crippen LogP contribution in [-0.2, 0) is 11.3 Å². The fourth-order valence-electron chi connectivity index (χ4n) is 2.89. The van der Waals surface area contributed by atoms with Crippen molar-refractivity contribution in [3.05, 3.63) is 80.7 Å². The number of nitrogens with zero attached hydrogens (tertiary/aromatic N) is 4. The number of benzene rings is 2. The largest absolute Gasteiger partial charge is 0.345 e. The van der Waals surface area contributed by atoms with Gasteiger partial charge in [0.2, 0.25) is 5.91 Å². The lowest BCUT2D eigenvalue weighted by molar-refractivity contribution is -0.113. The van der Waals surface area contributed by atoms with Gasteiger partial charge in [0.25, 0.3) is 5.91 Å². The third-order valence-electron chi connectivity index (χ3n) is 4.39. The molecule has 0 bridgehead atoms. The Bertz CT molecular complexity index is 1300. The maximum Gasteiger partial charge on any atom is 0.256 e. The number of carbonyl (C=O) groups is 2. The van der Waals surface area contributed by atoms with E-state index >= 15 is 0 Å². The monoisotopic (exact) mass is 580 g/mol. The molecule has 0 fully saturated rings. The molecular formula is C21H15BrClFN6O2S2. The molecule has 0 radical (unpaired) electrons. The summed E-state index contributed by atoms with van der Waals surface area (Å²) in [6, 6.07) is 11.4. The first-order valence-electron chi connectivity index (χ1n) is 9.67. The first-order chi connectivity index (χ1) is 16.4. The highest BCUT2D eigenvalue weighted by molar-refractivity contribution is 9.10. The molecule has 0 aliphatic rings. The average molecular weight is 582 g/mol. The summed E-state index contributed by atoms with van der Waals surface area (Å²) >= 11 is 11.9. The maximum absolute atomic E-state index is 14.1. The number of thiazole rings is 1. The van der Waals surface area contributed by atoms with Crippen LogP contribution in [0.25, 0.3) is 5.69 Å². The van der Waals surface area contributed by atoms with E-state index in [1.54, 1.807) is 16.1 Å². The molecule has 13 heteroatoms. The van der Waals surface area contributed by atoms with Crippen molar-refractivity contribution in [2.24, 2.45) is 0 Å². The molecule has 2 N–H and O–H groups in total. The third kappa shape index (κ3) is 5.81. The number of carbonyl (C=O) groups excluding carboxylic acids is 2. The van der Waals surface area contributed by atoms with Gasteiger partial charge in [0.05, 0.1) is 22.9 Å². The van der Waals surface area contributed by atoms with Crippen LogP contribution in [-0.4, -0.2) is 37.3 Å². The van der Waals surface area contributed by atoms with Gasteiger partial charge in [-0.2, -0.15) is 0 Å². The summed E-state index contributed by atoms with van der Waals surface area (Å²) < 4.78 is 16.7. The number of hydrogen-bond donors (Lipinski definition) is 2. The first-order valence-corrected chi connectivity index (χ1v) is 12.7. The van der Waals surface area contributed by atoms with Gasteiger partial charge in [-0.1, -0.05) is 45.4 Å². The van der Waals surface area contributed by atoms with Crippen molar-refractivity contribution < 1.29 is 14.0 Å². The highest BCUT2D eigenvalue weighted by Crippen LogP contribution is 2.24. The smallest absolute Gasteiger partial charge is 0.256 e. The molecule has 4 aromatic rings. The van der Waals surface area contributed by atoms with E-state index in [0.717, 1.165) is 16.2 Å². The Morgan fingerprint density at radius 2 is 1.97 bits per heavy atom. The lowest BCUT2D eigenvalue weighted by atomic mass is 10.2. The van der Waals surface area contributed by atoms with Crippen LogP contribution in [0.2, 0.25) is 5.02 Å². The Labute approximate surface area is 215 Å². The fourth-order valence-corrected chi connectivity index (χ4v) is 4.72. The van der Waals surface area contributed by atoms with Crippen molar-refractivity contribution in [2.45, 2.75) is 11.7 Å². The summed E-state index contributed by atoms with van der Waals surface area (Å²) in [6.45, 7) is -0.0432. The van der Waals surface area contributed by atoms with Gasteiger partial charge in [-0.15, -0.1) is 21.5 Å². The summed E-state index contributed by atoms with van der Waals surface area (Å²) in [5, 5.41) is 16.4. The summed E-state index contributed by atoms with van der Waals surface area (Å²) in [6.07, 6.45) is 1.60. The molecule has 0 atom stereocenters. The van der Waals surface area contributed by atoms with E-state index in [1.165, 1.54) is 35.2 Å². The van der Waals surface area contributed by atoms with Gasteiger partial charge in [-0.3, -0.25) is 14.2 Å². The highest BCUT2D eigenvalue weighted by atomic mass is 79.9. The molecule has 2 heterocycles. The van der Waals surface area contributed by atoms with Crippen molar-refractivity contribution in [2.75, 3.05) is 11.1 Å². The molecule has 0 spiro atoms. The minimum atomic E-state index is -0.720. The Morgan fingerprint density at radius 1 is 1.18 bits per heavy atom. The van der Waals surface area contributed by atoms with Gasteiger partial charge in [0.15, 0.2) is 16.1 Å². The Hall–Kier alpha value is -2.80. The number of hydrogen-bond acceptors (Lipinski definition) is 7. The van der Waals surface area contributed by atoms with Crippen LogP contribution in [0, 0.1) is 5.82 Å². The average Bonchev–Trinajstić information content (AvgIpc) is 3.46. The van der Waals surface area contributed by atoms with Crippen molar-refractivity contribution in [3.63, 3.8) is 0 Å². The first kappa shape index (κ1) is 24.3. The summed E-state index contributed by atoms with van der Waals surface area (Å²) in [5.74, 6) is -1.17. The lowest BCUT2D eigenvalue weighted by Crippen LogP contribution is -2.26. The van der Waals surface area contributed by atoms with Crippen LogP contribution < -0.4 is 10.6 Å². The van der Waals surface area contributed by atoms with Crippen LogP contribution in [0.3, 0.4) is 0 Å². The Morgan fingerprint density at radius 3 is 2.68 bits per heavy atom. The Balaban J connectivity index is 1.53. The zero-order valence-electron chi connectivity index (χ0n) is 17.2. The molecule has 34 heavy (non-hydrogen) atoms. The van der Waals surface area contributed by atoms with Crippen molar-refractivity contribution in [1.82, 2.24) is 25.1 Å². The van der Waals surface area contributed by atoms with E-state index in [-0.39, 0.29) is 28.8 Å². The van der Waals surface area contributed by atoms with Crippen molar-refractivity contribution in [3.8, 4) is 5.69 Å². The quantitative estimate of drug-likeness (QED) is 0.286. The second-order valence-corrected chi connectivity index (χ2v) is 9.82. The summed E-state index contributed by atoms with van der Waals surface area (Å²) in [7, 11) is 0. The molecule has 8 nitrogen and oxygen atoms in total. The predicted molar refractivity (Wildman–Crippen MR) is 133 cm³/mol. The van der Waals surface area contributed by atoms with Gasteiger partial charge in [0, 0.05) is 21.7 Å². The lowest BCUT2D eigenvalue weighted by Gasteiger charge is -2.12. The molecular weight excluding hydrogens is 567 g/mol. The van der Waals surface area contributed by atoms with Crippen LogP contribution in [0.4, 0.5) is 9.52 Å². The number of thioether (sulfide) groups is 1. The van der Waals surface area contributed by atoms with Crippen molar-refractivity contribution in [1.29, 1.82) is 0 Å². The van der Waals surface area contributed by atoms with Crippen LogP contribution in [0.5, 0.6) is 0 Å². The molecule has 174 valence electrons. The summed E-state index contributed by atoms with van der Waals surface area (Å²) in [4.78, 5) is 28.9. The second-order valence-electron chi connectivity index (χ2n) is 6.66. The van der Waals surface area contributed by atoms with Gasteiger partial charge in [0.1, 0.15) is 5.82 Å². The SMILES string of the molecule is O=C(CSc1nnc(CNC(=O)c2c(F)cccc2Cl)n1-c1ccc(Br)cc1)Nc1nccs1. The molecule has 2 amide bonds. The van der Waals surface area contributed by atoms with Gasteiger partial charge < -0.3 is 10.6 Å². The standard InChI is InChI=1S/C21H15BrClFN6O2S2/c22-12-4-6-13(7-5-12)30-16(10-26-19(32)18-14(23)2-1-3-15(18)24)28-29-21(30)34-11-17(31)27-20-25-8-9-33-20/h1-9H,10-11H2,(H,26,32)(H,25,27,31). The number of nitrogens with one attached hydrogen (secondary N) is 2. The zero-order chi connectivity index (χ0) is 24.1. The van der Waals surface area contributed by atoms with E-state index in [4.69, 9.17) is 11.6 Å². The van der Waals surface area contributed by atoms with E-state index in [1.807, 2.05) is 24.3 Å². The fraction of sp³-hybridized carbons (Fsp3) is 0.0952. The predicted octanol–water partition coefficient (Wildman–Crippen LogP) is 4.94. The van der Waals surface area contributed by atoms with Crippen molar-refractivity contribution >= 4 is 67.6 Å². The van der Waals surface area contributed by atoms with E-state index in [0.29, 0.717) is 16.1 Å². The van der Waals surface area contributed by atoms with E-state index in [2.05, 4.69) is 41.7 Å². The van der Waals surface area contributed by atoms with Gasteiger partial charge >= 0.3 is 0 Å². The number of amides is 2. The molecule has 2 aromatic heterocycles. The maximum atomic E-state index is 14.1. The normalized spacial score (nSPS) is 10.8. The van der Waals surface area contributed by atoms with E-state index < -0.39 is 11.7 Å². The highest BCUT2D eigenvalue weighted by Gasteiger charge is 2.19. The molecule has 0 unspecified atom stereocenters. The topological polar surface area (TPSA) is 102 Å². The molecule has 0 aliphatic heterocycles. The Kier molecular flexibility index (Phi) is 7.93. The summed E-state index contributed by atoms with van der Waals surface area (Å²) in [5.41, 5.74) is 0.483. The molecule has 0 aliphatic carbocycles. The second kappa shape index (κ2) is 11.1. The minimum Gasteiger partial charge on any atom is -0.345 e. The van der Waals surface area contributed by atoms with E-state index in [9.17, 15) is 14.0 Å². The van der Waals surface area contributed by atoms with Gasteiger partial charge in [-0.25, -0.2) is 9.37 Å². The van der Waals surface area contributed by atoms with Crippen LogP contribution >= 0.6 is 50.6 Å². The zero-order valence-corrected chi connectivity index (χ0v) is 21.1. The third-order valence-corrected chi connectivity index (χ3v) is 6.85. The van der Waals surface area contributed by atoms with Gasteiger partial charge in [-0.05, 0) is 36.4 Å². The molecule has 2 aromatic carbocycles. The number of rotatable bonds is 8. The number of aromatic nitrogens is 4. The molecule has 0 saturated heterocycles. The molecule has 4 rings (SSSR count). The number of anilines is 1. The van der Waals surface area contributed by atoms with Crippen LogP contribution in [0.1, 0.15) is 16.2 Å². The minimum absolute atomic E-state index is 0.00867.